The van der Waals surface area contributed by atoms with Crippen LogP contribution in [0.5, 0.6) is 0 Å². The van der Waals surface area contributed by atoms with Crippen LogP contribution in [0.4, 0.5) is 0 Å². The Labute approximate surface area is 148 Å². The number of nitrogens with one attached hydrogen (secondary N) is 2. The third kappa shape index (κ3) is 3.74. The van der Waals surface area contributed by atoms with E-state index in [0.29, 0.717) is 12.5 Å². The van der Waals surface area contributed by atoms with Crippen LogP contribution in [0, 0.1) is 0 Å². The number of nitrogens with zero attached hydrogens (tertiary/aromatic N) is 3. The lowest BCUT2D eigenvalue weighted by Gasteiger charge is -2.26. The molecule has 2 heterocycles. The summed E-state index contributed by atoms with van der Waals surface area (Å²) in [6, 6.07) is 8.92. The molecule has 2 N–H and O–H groups in total. The molecule has 132 valence electrons. The Morgan fingerprint density at radius 2 is 2.16 bits per heavy atom. The third-order valence-corrected chi connectivity index (χ3v) is 5.40. The molecule has 2 aromatic rings. The first-order valence-corrected chi connectivity index (χ1v) is 9.24. The minimum Gasteiger partial charge on any atom is -0.354 e. The van der Waals surface area contributed by atoms with E-state index in [1.165, 1.54) is 17.5 Å². The van der Waals surface area contributed by atoms with E-state index in [1.54, 1.807) is 6.33 Å². The Hall–Kier alpha value is -2.21. The van der Waals surface area contributed by atoms with Crippen molar-refractivity contribution in [1.82, 2.24) is 25.4 Å². The maximum absolute atomic E-state index is 12.2. The summed E-state index contributed by atoms with van der Waals surface area (Å²) in [7, 11) is 0. The Morgan fingerprint density at radius 1 is 1.24 bits per heavy atom. The van der Waals surface area contributed by atoms with Crippen LogP contribution in [0.15, 0.2) is 30.6 Å². The van der Waals surface area contributed by atoms with Gasteiger partial charge in [-0.2, -0.15) is 5.10 Å². The molecule has 1 aliphatic heterocycles. The van der Waals surface area contributed by atoms with Crippen LogP contribution >= 0.6 is 0 Å². The average Bonchev–Trinajstić information content (AvgIpc) is 3.12. The molecule has 0 spiro atoms. The molecule has 0 radical (unpaired) electrons. The van der Waals surface area contributed by atoms with Gasteiger partial charge in [0.15, 0.2) is 0 Å². The van der Waals surface area contributed by atoms with Gasteiger partial charge in [0, 0.05) is 24.9 Å². The Kier molecular flexibility index (Phi) is 4.78. The van der Waals surface area contributed by atoms with Gasteiger partial charge in [-0.3, -0.25) is 4.79 Å². The molecule has 0 saturated carbocycles. The number of carbonyl (C=O) groups is 1. The van der Waals surface area contributed by atoms with Crippen LogP contribution in [0.2, 0.25) is 0 Å². The van der Waals surface area contributed by atoms with Crippen LogP contribution in [0.25, 0.3) is 0 Å². The molecule has 2 atom stereocenters. The maximum atomic E-state index is 12.2. The smallest absolute Gasteiger partial charge is 0.233 e. The van der Waals surface area contributed by atoms with Gasteiger partial charge in [-0.15, -0.1) is 0 Å². The van der Waals surface area contributed by atoms with Crippen molar-refractivity contribution < 1.29 is 4.79 Å². The molecule has 0 fully saturated rings. The fourth-order valence-electron chi connectivity index (χ4n) is 4.01. The average molecular weight is 339 g/mol. The predicted molar refractivity (Wildman–Crippen MR) is 95.3 cm³/mol. The van der Waals surface area contributed by atoms with E-state index in [9.17, 15) is 4.79 Å². The van der Waals surface area contributed by atoms with E-state index in [4.69, 9.17) is 0 Å². The van der Waals surface area contributed by atoms with E-state index in [-0.39, 0.29) is 11.9 Å². The van der Waals surface area contributed by atoms with Crippen LogP contribution in [0.1, 0.15) is 42.1 Å². The zero-order chi connectivity index (χ0) is 17.1. The highest BCUT2D eigenvalue weighted by molar-refractivity contribution is 5.78. The Balaban J connectivity index is 1.24. The number of hydrogen-bond acceptors (Lipinski definition) is 4. The van der Waals surface area contributed by atoms with Crippen molar-refractivity contribution in [1.29, 1.82) is 0 Å². The van der Waals surface area contributed by atoms with Gasteiger partial charge in [0.1, 0.15) is 12.2 Å². The normalized spacial score (nSPS) is 22.1. The molecule has 2 aliphatic rings. The number of benzene rings is 1. The quantitative estimate of drug-likeness (QED) is 0.864. The van der Waals surface area contributed by atoms with Crippen LogP contribution in [-0.2, 0) is 24.2 Å². The summed E-state index contributed by atoms with van der Waals surface area (Å²) < 4.78 is 1.93. The zero-order valence-electron chi connectivity index (χ0n) is 14.4. The first-order valence-electron chi connectivity index (χ1n) is 9.24. The highest BCUT2D eigenvalue weighted by Crippen LogP contribution is 2.30. The highest BCUT2D eigenvalue weighted by Gasteiger charge is 2.22. The number of hydrogen-bond donors (Lipinski definition) is 2. The molecule has 25 heavy (non-hydrogen) atoms. The topological polar surface area (TPSA) is 71.8 Å². The summed E-state index contributed by atoms with van der Waals surface area (Å²) in [5, 5.41) is 10.7. The largest absolute Gasteiger partial charge is 0.354 e. The molecule has 4 rings (SSSR count). The van der Waals surface area contributed by atoms with Crippen molar-refractivity contribution >= 4 is 5.91 Å². The van der Waals surface area contributed by atoms with Gasteiger partial charge in [0.2, 0.25) is 5.91 Å². The van der Waals surface area contributed by atoms with E-state index < -0.39 is 0 Å². The van der Waals surface area contributed by atoms with Crippen LogP contribution in [0.3, 0.4) is 0 Å². The molecule has 0 unspecified atom stereocenters. The fraction of sp³-hybridized carbons (Fsp3) is 0.526. The predicted octanol–water partition coefficient (Wildman–Crippen LogP) is 1.42. The van der Waals surface area contributed by atoms with Gasteiger partial charge in [-0.05, 0) is 36.8 Å². The minimum atomic E-state index is 0.0763. The molecule has 1 aliphatic carbocycles. The van der Waals surface area contributed by atoms with Crippen molar-refractivity contribution in [3.05, 3.63) is 47.5 Å². The maximum Gasteiger partial charge on any atom is 0.233 e. The molecule has 1 amide bonds. The Morgan fingerprint density at radius 3 is 3.12 bits per heavy atom. The number of fused-ring (bicyclic) bond motifs is 2. The summed E-state index contributed by atoms with van der Waals surface area (Å²) in [4.78, 5) is 16.5. The molecule has 0 saturated heterocycles. The highest BCUT2D eigenvalue weighted by atomic mass is 16.1. The first-order chi connectivity index (χ1) is 12.3. The second-order valence-corrected chi connectivity index (χ2v) is 7.07. The van der Waals surface area contributed by atoms with Gasteiger partial charge < -0.3 is 10.6 Å². The monoisotopic (exact) mass is 339 g/mol. The van der Waals surface area contributed by atoms with E-state index >= 15 is 0 Å². The number of carbonyl (C=O) groups excluding carboxylic acids is 1. The lowest BCUT2D eigenvalue weighted by atomic mass is 9.83. The second kappa shape index (κ2) is 7.35. The van der Waals surface area contributed by atoms with Gasteiger partial charge in [0.25, 0.3) is 0 Å². The number of rotatable bonds is 5. The molecule has 6 nitrogen and oxygen atoms in total. The molecule has 1 aromatic heterocycles. The standard InChI is InChI=1S/C19H25N5O/c25-19(11-20-16-8-9-18-22-13-23-24(18)12-16)21-10-15-6-3-5-14-4-1-2-7-17(14)15/h1-2,4,7,13,15-16,20H,3,5-6,8-12H2,(H,21,25)/t15-,16+/m1/s1. The van der Waals surface area contributed by atoms with E-state index in [0.717, 1.165) is 44.6 Å². The van der Waals surface area contributed by atoms with E-state index in [2.05, 4.69) is 45.0 Å². The number of aromatic nitrogens is 3. The summed E-state index contributed by atoms with van der Waals surface area (Å²) in [6.45, 7) is 1.89. The van der Waals surface area contributed by atoms with Crippen LogP contribution in [-0.4, -0.2) is 39.8 Å². The van der Waals surface area contributed by atoms with E-state index in [1.807, 2.05) is 4.68 Å². The molecule has 6 heteroatoms. The third-order valence-electron chi connectivity index (χ3n) is 5.40. The van der Waals surface area contributed by atoms with Crippen molar-refractivity contribution in [3.63, 3.8) is 0 Å². The van der Waals surface area contributed by atoms with Gasteiger partial charge in [-0.1, -0.05) is 24.3 Å². The minimum absolute atomic E-state index is 0.0763. The first kappa shape index (κ1) is 16.3. The van der Waals surface area contributed by atoms with Gasteiger partial charge in [0.05, 0.1) is 13.1 Å². The van der Waals surface area contributed by atoms with Crippen molar-refractivity contribution in [3.8, 4) is 0 Å². The SMILES string of the molecule is O=C(CN[C@H]1CCc2ncnn2C1)NC[C@H]1CCCc2ccccc21. The second-order valence-electron chi connectivity index (χ2n) is 7.07. The lowest BCUT2D eigenvalue weighted by Crippen LogP contribution is -2.44. The molecule has 0 bridgehead atoms. The molecule has 1 aromatic carbocycles. The van der Waals surface area contributed by atoms with Crippen molar-refractivity contribution in [2.75, 3.05) is 13.1 Å². The summed E-state index contributed by atoms with van der Waals surface area (Å²) in [5.74, 6) is 1.56. The lowest BCUT2D eigenvalue weighted by molar-refractivity contribution is -0.120. The summed E-state index contributed by atoms with van der Waals surface area (Å²) in [6.07, 6.45) is 7.04. The number of aryl methyl sites for hydroxylation is 2. The van der Waals surface area contributed by atoms with Crippen LogP contribution < -0.4 is 10.6 Å². The van der Waals surface area contributed by atoms with Gasteiger partial charge in [-0.25, -0.2) is 9.67 Å². The Bertz CT molecular complexity index is 741. The van der Waals surface area contributed by atoms with Gasteiger partial charge >= 0.3 is 0 Å². The van der Waals surface area contributed by atoms with Crippen molar-refractivity contribution in [2.45, 2.75) is 50.6 Å². The summed E-state index contributed by atoms with van der Waals surface area (Å²) in [5.41, 5.74) is 2.85. The number of amides is 1. The molecular formula is C19H25N5O. The zero-order valence-corrected chi connectivity index (χ0v) is 14.4. The fourth-order valence-corrected chi connectivity index (χ4v) is 4.01. The van der Waals surface area contributed by atoms with Crippen molar-refractivity contribution in [2.24, 2.45) is 0 Å². The molecular weight excluding hydrogens is 314 g/mol. The summed E-state index contributed by atoms with van der Waals surface area (Å²) >= 11 is 0.